The lowest BCUT2D eigenvalue weighted by molar-refractivity contribution is -0.123. The second kappa shape index (κ2) is 11.2. The van der Waals surface area contributed by atoms with Crippen LogP contribution >= 0.6 is 24.0 Å². The summed E-state index contributed by atoms with van der Waals surface area (Å²) in [4.78, 5) is 30.2. The Labute approximate surface area is 183 Å². The molecular weight excluding hydrogens is 469 g/mol. The number of aliphatic imine (C=N–C) groups is 1. The Morgan fingerprint density at radius 1 is 1.25 bits per heavy atom. The largest absolute Gasteiger partial charge is 0.357 e. The molecule has 0 spiro atoms. The summed E-state index contributed by atoms with van der Waals surface area (Å²) in [6.45, 7) is 4.64. The number of halogens is 1. The highest BCUT2D eigenvalue weighted by Gasteiger charge is 2.22. The molecule has 1 aliphatic heterocycles. The molecule has 2 aliphatic rings. The number of carbonyl (C=O) groups excluding carboxylic acids is 2. The highest BCUT2D eigenvalue weighted by atomic mass is 127. The van der Waals surface area contributed by atoms with E-state index < -0.39 is 0 Å². The van der Waals surface area contributed by atoms with Crippen LogP contribution < -0.4 is 16.0 Å². The molecule has 154 valence electrons. The fraction of sp³-hybridized carbons (Fsp3) is 0.550. The zero-order valence-corrected chi connectivity index (χ0v) is 18.7. The van der Waals surface area contributed by atoms with Gasteiger partial charge in [0, 0.05) is 31.2 Å². The van der Waals surface area contributed by atoms with Crippen molar-refractivity contribution in [2.24, 2.45) is 4.99 Å². The molecule has 0 radical (unpaired) electrons. The van der Waals surface area contributed by atoms with E-state index in [0.29, 0.717) is 31.2 Å². The van der Waals surface area contributed by atoms with Crippen LogP contribution in [0.25, 0.3) is 0 Å². The van der Waals surface area contributed by atoms with Crippen molar-refractivity contribution in [1.82, 2.24) is 20.9 Å². The van der Waals surface area contributed by atoms with Crippen molar-refractivity contribution in [3.8, 4) is 0 Å². The van der Waals surface area contributed by atoms with Gasteiger partial charge >= 0.3 is 0 Å². The summed E-state index contributed by atoms with van der Waals surface area (Å²) in [5, 5.41) is 9.53. The molecular formula is C20H30IN5O2. The number of hydrogen-bond donors (Lipinski definition) is 3. The number of amides is 2. The maximum absolute atomic E-state index is 12.5. The predicted molar refractivity (Wildman–Crippen MR) is 121 cm³/mol. The monoisotopic (exact) mass is 499 g/mol. The Morgan fingerprint density at radius 3 is 2.61 bits per heavy atom. The van der Waals surface area contributed by atoms with Crippen molar-refractivity contribution in [3.63, 3.8) is 0 Å². The highest BCUT2D eigenvalue weighted by Crippen LogP contribution is 2.17. The third-order valence-electron chi connectivity index (χ3n) is 4.99. The average molecular weight is 499 g/mol. The van der Waals surface area contributed by atoms with Crippen LogP contribution in [0.3, 0.4) is 0 Å². The van der Waals surface area contributed by atoms with Crippen LogP contribution in [-0.2, 0) is 11.3 Å². The molecule has 0 unspecified atom stereocenters. The molecule has 8 heteroatoms. The molecule has 3 N–H and O–H groups in total. The number of rotatable bonds is 5. The number of nitrogens with one attached hydrogen (secondary N) is 3. The zero-order chi connectivity index (χ0) is 19.1. The number of carbonyl (C=O) groups is 2. The molecule has 28 heavy (non-hydrogen) atoms. The van der Waals surface area contributed by atoms with Crippen LogP contribution in [0.5, 0.6) is 0 Å². The van der Waals surface area contributed by atoms with E-state index in [4.69, 9.17) is 0 Å². The first-order valence-corrected chi connectivity index (χ1v) is 9.85. The summed E-state index contributed by atoms with van der Waals surface area (Å²) >= 11 is 0. The van der Waals surface area contributed by atoms with Gasteiger partial charge in [-0.1, -0.05) is 25.0 Å². The summed E-state index contributed by atoms with van der Waals surface area (Å²) in [5.74, 6) is 0.645. The van der Waals surface area contributed by atoms with Gasteiger partial charge in [-0.25, -0.2) is 4.99 Å². The Balaban J connectivity index is 0.00000280. The lowest BCUT2D eigenvalue weighted by Gasteiger charge is -2.26. The van der Waals surface area contributed by atoms with Gasteiger partial charge in [-0.3, -0.25) is 9.59 Å². The molecule has 7 nitrogen and oxygen atoms in total. The van der Waals surface area contributed by atoms with Gasteiger partial charge in [-0.05, 0) is 37.5 Å². The average Bonchev–Trinajstić information content (AvgIpc) is 3.19. The van der Waals surface area contributed by atoms with E-state index in [1.54, 1.807) is 4.90 Å². The van der Waals surface area contributed by atoms with Gasteiger partial charge in [0.05, 0.1) is 13.1 Å². The molecule has 2 fully saturated rings. The summed E-state index contributed by atoms with van der Waals surface area (Å²) < 4.78 is 0. The number of piperazine rings is 1. The van der Waals surface area contributed by atoms with Crippen molar-refractivity contribution in [2.75, 3.05) is 26.2 Å². The lowest BCUT2D eigenvalue weighted by Crippen LogP contribution is -2.49. The number of hydrogen-bond acceptors (Lipinski definition) is 3. The number of guanidine groups is 1. The van der Waals surface area contributed by atoms with Crippen LogP contribution in [0.1, 0.15) is 48.5 Å². The van der Waals surface area contributed by atoms with E-state index >= 15 is 0 Å². The van der Waals surface area contributed by atoms with Crippen LogP contribution in [-0.4, -0.2) is 54.9 Å². The second-order valence-electron chi connectivity index (χ2n) is 7.09. The summed E-state index contributed by atoms with van der Waals surface area (Å²) in [6, 6.07) is 8.01. The molecule has 2 amide bonds. The van der Waals surface area contributed by atoms with Crippen LogP contribution in [0.4, 0.5) is 0 Å². The quantitative estimate of drug-likeness (QED) is 0.328. The van der Waals surface area contributed by atoms with Crippen molar-refractivity contribution in [1.29, 1.82) is 0 Å². The van der Waals surface area contributed by atoms with Gasteiger partial charge < -0.3 is 20.9 Å². The van der Waals surface area contributed by atoms with Crippen molar-refractivity contribution < 1.29 is 9.59 Å². The predicted octanol–water partition coefficient (Wildman–Crippen LogP) is 1.87. The van der Waals surface area contributed by atoms with Crippen LogP contribution in [0, 0.1) is 0 Å². The zero-order valence-electron chi connectivity index (χ0n) is 16.4. The lowest BCUT2D eigenvalue weighted by atomic mass is 10.1. The molecule has 1 saturated heterocycles. The molecule has 1 aromatic carbocycles. The van der Waals surface area contributed by atoms with Gasteiger partial charge in [0.25, 0.3) is 5.91 Å². The first kappa shape index (κ1) is 22.4. The topological polar surface area (TPSA) is 85.8 Å². The van der Waals surface area contributed by atoms with E-state index in [1.165, 1.54) is 25.7 Å². The molecule has 1 aromatic rings. The fourth-order valence-electron chi connectivity index (χ4n) is 3.50. The molecule has 1 aliphatic carbocycles. The maximum atomic E-state index is 12.5. The van der Waals surface area contributed by atoms with E-state index in [-0.39, 0.29) is 42.3 Å². The molecule has 0 bridgehead atoms. The van der Waals surface area contributed by atoms with E-state index in [1.807, 2.05) is 24.3 Å². The minimum absolute atomic E-state index is 0. The molecule has 0 atom stereocenters. The first-order chi connectivity index (χ1) is 13.2. The van der Waals surface area contributed by atoms with Gasteiger partial charge in [0.2, 0.25) is 5.91 Å². The number of nitrogens with zero attached hydrogens (tertiary/aromatic N) is 2. The first-order valence-electron chi connectivity index (χ1n) is 9.85. The smallest absolute Gasteiger partial charge is 0.254 e. The van der Waals surface area contributed by atoms with Crippen LogP contribution in [0.2, 0.25) is 0 Å². The van der Waals surface area contributed by atoms with E-state index in [2.05, 4.69) is 27.9 Å². The summed E-state index contributed by atoms with van der Waals surface area (Å²) in [6.07, 6.45) is 4.97. The SMILES string of the molecule is CCNC(=NCc1ccc(C(=O)N2CCNC(=O)C2)cc1)NC1CCCC1.I. The highest BCUT2D eigenvalue weighted by molar-refractivity contribution is 14.0. The Morgan fingerprint density at radius 2 is 1.96 bits per heavy atom. The number of benzene rings is 1. The summed E-state index contributed by atoms with van der Waals surface area (Å²) in [7, 11) is 0. The Hall–Kier alpha value is -1.84. The van der Waals surface area contributed by atoms with Crippen molar-refractivity contribution in [3.05, 3.63) is 35.4 Å². The molecule has 1 heterocycles. The standard InChI is InChI=1S/C20H29N5O2.HI/c1-2-21-20(24-17-5-3-4-6-17)23-13-15-7-9-16(10-8-15)19(27)25-12-11-22-18(26)14-25;/h7-10,17H,2-6,11-14H2,1H3,(H,22,26)(H2,21,23,24);1H. The van der Waals surface area contributed by atoms with Crippen LogP contribution in [0.15, 0.2) is 29.3 Å². The fourth-order valence-corrected chi connectivity index (χ4v) is 3.50. The molecule has 0 aromatic heterocycles. The third-order valence-corrected chi connectivity index (χ3v) is 4.99. The van der Waals surface area contributed by atoms with Gasteiger partial charge in [0.1, 0.15) is 0 Å². The third kappa shape index (κ3) is 6.35. The normalized spacial score (nSPS) is 17.7. The summed E-state index contributed by atoms with van der Waals surface area (Å²) in [5.41, 5.74) is 1.65. The minimum atomic E-state index is -0.105. The minimum Gasteiger partial charge on any atom is -0.357 e. The van der Waals surface area contributed by atoms with Gasteiger partial charge in [-0.2, -0.15) is 0 Å². The molecule has 1 saturated carbocycles. The van der Waals surface area contributed by atoms with Gasteiger partial charge in [-0.15, -0.1) is 24.0 Å². The van der Waals surface area contributed by atoms with E-state index in [0.717, 1.165) is 18.1 Å². The Kier molecular flexibility index (Phi) is 9.01. The van der Waals surface area contributed by atoms with Gasteiger partial charge in [0.15, 0.2) is 5.96 Å². The van der Waals surface area contributed by atoms with Crippen molar-refractivity contribution >= 4 is 41.8 Å². The second-order valence-corrected chi connectivity index (χ2v) is 7.09. The molecule has 3 rings (SSSR count). The van der Waals surface area contributed by atoms with Crippen molar-refractivity contribution in [2.45, 2.75) is 45.2 Å². The Bertz CT molecular complexity index is 686. The van der Waals surface area contributed by atoms with E-state index in [9.17, 15) is 9.59 Å². The maximum Gasteiger partial charge on any atom is 0.254 e.